The number of aromatic nitrogens is 1. The molecule has 2 rings (SSSR count). The highest BCUT2D eigenvalue weighted by Gasteiger charge is 2.14. The predicted molar refractivity (Wildman–Crippen MR) is 72.8 cm³/mol. The first-order chi connectivity index (χ1) is 9.52. The molecule has 6 heteroatoms. The molecule has 0 unspecified atom stereocenters. The molecule has 2 N–H and O–H groups in total. The fraction of sp³-hybridized carbons (Fsp3) is 0.143. The van der Waals surface area contributed by atoms with Crippen LogP contribution in [0.2, 0.25) is 0 Å². The van der Waals surface area contributed by atoms with Crippen molar-refractivity contribution in [2.45, 2.75) is 6.92 Å². The normalized spacial score (nSPS) is 10.2. The van der Waals surface area contributed by atoms with Gasteiger partial charge in [0.25, 0.3) is 5.91 Å². The number of carbonyl (C=O) groups excluding carboxylic acids is 1. The van der Waals surface area contributed by atoms with Gasteiger partial charge < -0.3 is 10.6 Å². The zero-order valence-corrected chi connectivity index (χ0v) is 11.0. The van der Waals surface area contributed by atoms with E-state index in [4.69, 9.17) is 0 Å². The first kappa shape index (κ1) is 13.9. The Hall–Kier alpha value is -2.50. The molecule has 0 atom stereocenters. The molecule has 20 heavy (non-hydrogen) atoms. The van der Waals surface area contributed by atoms with Gasteiger partial charge in [0.15, 0.2) is 0 Å². The average molecular weight is 277 g/mol. The van der Waals surface area contributed by atoms with Crippen LogP contribution in [0.1, 0.15) is 15.9 Å². The fourth-order valence-corrected chi connectivity index (χ4v) is 1.73. The van der Waals surface area contributed by atoms with Crippen LogP contribution in [0, 0.1) is 18.6 Å². The monoisotopic (exact) mass is 277 g/mol. The first-order valence-electron chi connectivity index (χ1n) is 5.91. The average Bonchev–Trinajstić information content (AvgIpc) is 2.44. The predicted octanol–water partition coefficient (Wildman–Crippen LogP) is 2.96. The zero-order chi connectivity index (χ0) is 14.7. The summed E-state index contributed by atoms with van der Waals surface area (Å²) in [5, 5.41) is 5.16. The van der Waals surface area contributed by atoms with Crippen LogP contribution >= 0.6 is 0 Å². The van der Waals surface area contributed by atoms with Crippen molar-refractivity contribution >= 4 is 17.3 Å². The minimum atomic E-state index is -0.688. The van der Waals surface area contributed by atoms with Crippen molar-refractivity contribution in [1.82, 2.24) is 4.98 Å². The lowest BCUT2D eigenvalue weighted by atomic mass is 10.2. The molecule has 0 fully saturated rings. The van der Waals surface area contributed by atoms with Gasteiger partial charge in [0.2, 0.25) is 0 Å². The number of rotatable bonds is 3. The lowest BCUT2D eigenvalue weighted by Gasteiger charge is -2.10. The molecule has 1 heterocycles. The summed E-state index contributed by atoms with van der Waals surface area (Å²) in [6, 6.07) is 3.60. The Morgan fingerprint density at radius 3 is 2.65 bits per heavy atom. The molecule has 0 aliphatic carbocycles. The van der Waals surface area contributed by atoms with Gasteiger partial charge >= 0.3 is 0 Å². The Bertz CT molecular complexity index is 659. The van der Waals surface area contributed by atoms with Crippen LogP contribution in [-0.2, 0) is 0 Å². The van der Waals surface area contributed by atoms with Crippen LogP contribution in [0.4, 0.5) is 20.2 Å². The zero-order valence-electron chi connectivity index (χ0n) is 11.0. The Balaban J connectivity index is 2.30. The largest absolute Gasteiger partial charge is 0.387 e. The van der Waals surface area contributed by atoms with Gasteiger partial charge in [-0.05, 0) is 24.6 Å². The second kappa shape index (κ2) is 5.64. The smallest absolute Gasteiger partial charge is 0.259 e. The van der Waals surface area contributed by atoms with Gasteiger partial charge in [-0.25, -0.2) is 8.78 Å². The van der Waals surface area contributed by atoms with E-state index in [0.717, 1.165) is 12.1 Å². The van der Waals surface area contributed by atoms with Crippen LogP contribution < -0.4 is 10.6 Å². The maximum absolute atomic E-state index is 13.7. The third-order valence-electron chi connectivity index (χ3n) is 2.83. The van der Waals surface area contributed by atoms with Gasteiger partial charge in [-0.2, -0.15) is 0 Å². The van der Waals surface area contributed by atoms with E-state index >= 15 is 0 Å². The molecule has 0 aliphatic heterocycles. The standard InChI is InChI=1S/C14H13F2N3O/c1-8-5-11(16)13(6-10(8)15)19-14(20)9-7-18-4-3-12(9)17-2/h3-7H,1-2H3,(H,17,18)(H,19,20). The third-order valence-corrected chi connectivity index (χ3v) is 2.83. The molecule has 0 spiro atoms. The molecule has 0 bridgehead atoms. The summed E-state index contributed by atoms with van der Waals surface area (Å²) in [4.78, 5) is 15.9. The van der Waals surface area contributed by atoms with E-state index in [1.54, 1.807) is 13.1 Å². The van der Waals surface area contributed by atoms with Crippen molar-refractivity contribution in [3.63, 3.8) is 0 Å². The number of halogens is 2. The number of amides is 1. The van der Waals surface area contributed by atoms with E-state index in [1.807, 2.05) is 0 Å². The lowest BCUT2D eigenvalue weighted by Crippen LogP contribution is -2.15. The number of nitrogens with one attached hydrogen (secondary N) is 2. The number of hydrogen-bond donors (Lipinski definition) is 2. The summed E-state index contributed by atoms with van der Waals surface area (Å²) in [6.07, 6.45) is 2.87. The summed E-state index contributed by atoms with van der Waals surface area (Å²) in [7, 11) is 1.65. The molecule has 2 aromatic rings. The Labute approximate surface area is 114 Å². The van der Waals surface area contributed by atoms with E-state index < -0.39 is 17.5 Å². The number of benzene rings is 1. The van der Waals surface area contributed by atoms with E-state index in [9.17, 15) is 13.6 Å². The molecule has 1 aromatic heterocycles. The number of carbonyl (C=O) groups is 1. The highest BCUT2D eigenvalue weighted by Crippen LogP contribution is 2.21. The van der Waals surface area contributed by atoms with Crippen LogP contribution in [0.25, 0.3) is 0 Å². The maximum Gasteiger partial charge on any atom is 0.259 e. The quantitative estimate of drug-likeness (QED) is 0.907. The number of hydrogen-bond acceptors (Lipinski definition) is 3. The first-order valence-corrected chi connectivity index (χ1v) is 5.91. The molecule has 1 amide bonds. The minimum Gasteiger partial charge on any atom is -0.387 e. The summed E-state index contributed by atoms with van der Waals surface area (Å²) in [6.45, 7) is 1.45. The number of nitrogens with zero attached hydrogens (tertiary/aromatic N) is 1. The van der Waals surface area contributed by atoms with Crippen molar-refractivity contribution in [2.75, 3.05) is 17.7 Å². The molecule has 0 saturated carbocycles. The van der Waals surface area contributed by atoms with Crippen molar-refractivity contribution in [3.05, 3.63) is 53.4 Å². The molecule has 0 radical (unpaired) electrons. The van der Waals surface area contributed by atoms with E-state index in [2.05, 4.69) is 15.6 Å². The highest BCUT2D eigenvalue weighted by molar-refractivity contribution is 6.07. The topological polar surface area (TPSA) is 54.0 Å². The van der Waals surface area contributed by atoms with E-state index in [0.29, 0.717) is 5.69 Å². The molecule has 0 saturated heterocycles. The molecule has 104 valence electrons. The summed E-state index contributed by atoms with van der Waals surface area (Å²) < 4.78 is 27.1. The van der Waals surface area contributed by atoms with Gasteiger partial charge in [0, 0.05) is 31.2 Å². The van der Waals surface area contributed by atoms with Crippen molar-refractivity contribution in [2.24, 2.45) is 0 Å². The molecule has 0 aliphatic rings. The van der Waals surface area contributed by atoms with Crippen LogP contribution in [0.15, 0.2) is 30.6 Å². The summed E-state index contributed by atoms with van der Waals surface area (Å²) in [5.74, 6) is -1.83. The number of anilines is 2. The summed E-state index contributed by atoms with van der Waals surface area (Å²) >= 11 is 0. The fourth-order valence-electron chi connectivity index (χ4n) is 1.73. The Morgan fingerprint density at radius 1 is 1.20 bits per heavy atom. The van der Waals surface area contributed by atoms with Crippen LogP contribution in [0.3, 0.4) is 0 Å². The molecule has 4 nitrogen and oxygen atoms in total. The van der Waals surface area contributed by atoms with Crippen molar-refractivity contribution < 1.29 is 13.6 Å². The SMILES string of the molecule is CNc1ccncc1C(=O)Nc1cc(F)c(C)cc1F. The van der Waals surface area contributed by atoms with E-state index in [1.165, 1.54) is 19.3 Å². The van der Waals surface area contributed by atoms with Gasteiger partial charge in [-0.15, -0.1) is 0 Å². The Kier molecular flexibility index (Phi) is 3.93. The minimum absolute atomic E-state index is 0.179. The maximum atomic E-state index is 13.7. The Morgan fingerprint density at radius 2 is 1.95 bits per heavy atom. The van der Waals surface area contributed by atoms with Crippen molar-refractivity contribution in [1.29, 1.82) is 0 Å². The molecular formula is C14H13F2N3O. The van der Waals surface area contributed by atoms with Crippen molar-refractivity contribution in [3.8, 4) is 0 Å². The molecular weight excluding hydrogens is 264 g/mol. The van der Waals surface area contributed by atoms with Crippen LogP contribution in [-0.4, -0.2) is 17.9 Å². The summed E-state index contributed by atoms with van der Waals surface area (Å²) in [5.41, 5.74) is 0.766. The second-order valence-corrected chi connectivity index (χ2v) is 4.21. The van der Waals surface area contributed by atoms with Gasteiger partial charge in [0.1, 0.15) is 11.6 Å². The van der Waals surface area contributed by atoms with E-state index in [-0.39, 0.29) is 16.8 Å². The number of pyridine rings is 1. The second-order valence-electron chi connectivity index (χ2n) is 4.21. The van der Waals surface area contributed by atoms with Gasteiger partial charge in [-0.3, -0.25) is 9.78 Å². The third kappa shape index (κ3) is 2.74. The van der Waals surface area contributed by atoms with Gasteiger partial charge in [0.05, 0.1) is 11.3 Å². The highest BCUT2D eigenvalue weighted by atomic mass is 19.1. The van der Waals surface area contributed by atoms with Crippen LogP contribution in [0.5, 0.6) is 0 Å². The number of aryl methyl sites for hydroxylation is 1. The molecule has 1 aromatic carbocycles. The van der Waals surface area contributed by atoms with Gasteiger partial charge in [-0.1, -0.05) is 0 Å². The lowest BCUT2D eigenvalue weighted by molar-refractivity contribution is 0.102.